The fourth-order valence-corrected chi connectivity index (χ4v) is 2.58. The highest BCUT2D eigenvalue weighted by atomic mass is 16.5. The van der Waals surface area contributed by atoms with Gasteiger partial charge in [0.25, 0.3) is 0 Å². The topological polar surface area (TPSA) is 48.1 Å². The van der Waals surface area contributed by atoms with Gasteiger partial charge in [0.2, 0.25) is 5.88 Å². The molecule has 1 aliphatic rings. The monoisotopic (exact) mass is 243 g/mol. The van der Waals surface area contributed by atoms with Crippen LogP contribution in [0.1, 0.15) is 21.7 Å². The standard InChI is InChI=1S/C15H16N2O/c1-18-14-9-11(7-8-17-14)13-6-5-10-3-2-4-12(10)15(13)16/h5-9H,2-4,16H2,1H3/i1D3. The van der Waals surface area contributed by atoms with E-state index < -0.39 is 7.04 Å². The number of hydrogen-bond donors (Lipinski definition) is 1. The van der Waals surface area contributed by atoms with Crippen molar-refractivity contribution >= 4 is 5.69 Å². The van der Waals surface area contributed by atoms with E-state index in [-0.39, 0.29) is 5.88 Å². The molecule has 0 fully saturated rings. The Morgan fingerprint density at radius 2 is 2.28 bits per heavy atom. The zero-order valence-electron chi connectivity index (χ0n) is 12.9. The van der Waals surface area contributed by atoms with Crippen molar-refractivity contribution in [2.75, 3.05) is 12.8 Å². The zero-order chi connectivity index (χ0) is 15.0. The maximum atomic E-state index is 7.13. The summed E-state index contributed by atoms with van der Waals surface area (Å²) < 4.78 is 26.2. The van der Waals surface area contributed by atoms with Crippen molar-refractivity contribution in [2.45, 2.75) is 19.3 Å². The molecular formula is C15H16N2O. The smallest absolute Gasteiger partial charge is 0.213 e. The number of anilines is 1. The lowest BCUT2D eigenvalue weighted by Crippen LogP contribution is -1.97. The molecule has 3 rings (SSSR count). The molecule has 1 aromatic heterocycles. The number of aromatic nitrogens is 1. The van der Waals surface area contributed by atoms with E-state index in [1.54, 1.807) is 12.1 Å². The van der Waals surface area contributed by atoms with Gasteiger partial charge in [-0.05, 0) is 42.0 Å². The van der Waals surface area contributed by atoms with Gasteiger partial charge >= 0.3 is 0 Å². The summed E-state index contributed by atoms with van der Waals surface area (Å²) in [6.45, 7) is 0. The van der Waals surface area contributed by atoms with E-state index in [0.717, 1.165) is 36.1 Å². The van der Waals surface area contributed by atoms with Gasteiger partial charge in [-0.25, -0.2) is 4.98 Å². The number of nitrogen functional groups attached to an aromatic ring is 1. The van der Waals surface area contributed by atoms with Crippen LogP contribution >= 0.6 is 0 Å². The number of rotatable bonds is 2. The largest absolute Gasteiger partial charge is 0.481 e. The highest BCUT2D eigenvalue weighted by Crippen LogP contribution is 2.35. The summed E-state index contributed by atoms with van der Waals surface area (Å²) in [6, 6.07) is 7.49. The van der Waals surface area contributed by atoms with Gasteiger partial charge < -0.3 is 10.5 Å². The van der Waals surface area contributed by atoms with Gasteiger partial charge in [-0.2, -0.15) is 0 Å². The average molecular weight is 243 g/mol. The molecule has 0 spiro atoms. The number of nitrogens with zero attached hydrogens (tertiary/aromatic N) is 1. The Hall–Kier alpha value is -2.03. The van der Waals surface area contributed by atoms with Crippen molar-refractivity contribution < 1.29 is 8.85 Å². The summed E-state index contributed by atoms with van der Waals surface area (Å²) in [5.74, 6) is 0.0763. The number of methoxy groups -OCH3 is 1. The van der Waals surface area contributed by atoms with E-state index in [0.29, 0.717) is 0 Å². The number of pyridine rings is 1. The van der Waals surface area contributed by atoms with Gasteiger partial charge in [0, 0.05) is 23.5 Å². The summed E-state index contributed by atoms with van der Waals surface area (Å²) in [6.07, 6.45) is 4.73. The molecule has 1 heterocycles. The summed E-state index contributed by atoms with van der Waals surface area (Å²) in [4.78, 5) is 3.93. The minimum Gasteiger partial charge on any atom is -0.481 e. The average Bonchev–Trinajstić information content (AvgIpc) is 2.86. The zero-order valence-corrected chi connectivity index (χ0v) is 9.94. The quantitative estimate of drug-likeness (QED) is 0.825. The van der Waals surface area contributed by atoms with E-state index in [9.17, 15) is 0 Å². The van der Waals surface area contributed by atoms with Gasteiger partial charge in [0.1, 0.15) is 0 Å². The molecule has 2 aromatic rings. The van der Waals surface area contributed by atoms with Crippen LogP contribution in [0.4, 0.5) is 5.69 Å². The normalized spacial score (nSPS) is 16.6. The van der Waals surface area contributed by atoms with E-state index in [4.69, 9.17) is 14.6 Å². The van der Waals surface area contributed by atoms with Crippen molar-refractivity contribution in [2.24, 2.45) is 0 Å². The molecular weight excluding hydrogens is 224 g/mol. The van der Waals surface area contributed by atoms with Crippen LogP contribution in [0.25, 0.3) is 11.1 Å². The van der Waals surface area contributed by atoms with Crippen molar-refractivity contribution in [3.8, 4) is 17.0 Å². The molecule has 2 N–H and O–H groups in total. The second-order valence-corrected chi connectivity index (χ2v) is 4.50. The summed E-state index contributed by atoms with van der Waals surface area (Å²) in [7, 11) is -2.50. The molecule has 0 aliphatic heterocycles. The van der Waals surface area contributed by atoms with E-state index in [2.05, 4.69) is 11.1 Å². The highest BCUT2D eigenvalue weighted by molar-refractivity contribution is 5.80. The number of nitrogens with two attached hydrogens (primary N) is 1. The lowest BCUT2D eigenvalue weighted by Gasteiger charge is -2.11. The van der Waals surface area contributed by atoms with Gasteiger partial charge in [0.15, 0.2) is 0 Å². The summed E-state index contributed by atoms with van der Waals surface area (Å²) in [5, 5.41) is 0. The van der Waals surface area contributed by atoms with Crippen LogP contribution < -0.4 is 10.5 Å². The molecule has 0 saturated heterocycles. The van der Waals surface area contributed by atoms with E-state index >= 15 is 0 Å². The van der Waals surface area contributed by atoms with Gasteiger partial charge in [-0.3, -0.25) is 0 Å². The minimum absolute atomic E-state index is 0.0763. The number of benzene rings is 1. The Morgan fingerprint density at radius 3 is 3.17 bits per heavy atom. The third kappa shape index (κ3) is 1.72. The highest BCUT2D eigenvalue weighted by Gasteiger charge is 2.16. The maximum Gasteiger partial charge on any atom is 0.213 e. The first kappa shape index (κ1) is 8.14. The van der Waals surface area contributed by atoms with Gasteiger partial charge in [-0.1, -0.05) is 12.1 Å². The van der Waals surface area contributed by atoms with Crippen molar-refractivity contribution in [1.29, 1.82) is 0 Å². The number of fused-ring (bicyclic) bond motifs is 1. The first-order valence-electron chi connectivity index (χ1n) is 7.50. The molecule has 3 nitrogen and oxygen atoms in total. The summed E-state index contributed by atoms with van der Waals surface area (Å²) in [5.41, 5.74) is 11.3. The van der Waals surface area contributed by atoms with E-state index in [1.807, 2.05) is 6.07 Å². The first-order chi connectivity index (χ1) is 9.94. The lowest BCUT2D eigenvalue weighted by atomic mass is 9.98. The SMILES string of the molecule is [2H]C([2H])([2H])Oc1cc(-c2ccc3c(c2N)CCC3)ccn1. The van der Waals surface area contributed by atoms with Crippen LogP contribution in [-0.4, -0.2) is 12.0 Å². The van der Waals surface area contributed by atoms with Crippen LogP contribution in [-0.2, 0) is 12.8 Å². The molecule has 18 heavy (non-hydrogen) atoms. The Kier molecular flexibility index (Phi) is 1.96. The van der Waals surface area contributed by atoms with Gasteiger partial charge in [-0.15, -0.1) is 0 Å². The third-order valence-corrected chi connectivity index (χ3v) is 3.48. The third-order valence-electron chi connectivity index (χ3n) is 3.48. The predicted molar refractivity (Wildman–Crippen MR) is 72.7 cm³/mol. The van der Waals surface area contributed by atoms with Crippen molar-refractivity contribution in [3.63, 3.8) is 0 Å². The Bertz CT molecular complexity index is 683. The fourth-order valence-electron chi connectivity index (χ4n) is 2.58. The first-order valence-corrected chi connectivity index (χ1v) is 6.00. The van der Waals surface area contributed by atoms with Crippen LogP contribution in [0.2, 0.25) is 0 Å². The molecule has 0 atom stereocenters. The summed E-state index contributed by atoms with van der Waals surface area (Å²) >= 11 is 0. The number of aryl methyl sites for hydroxylation is 1. The minimum atomic E-state index is -2.50. The van der Waals surface area contributed by atoms with Crippen LogP contribution in [0.3, 0.4) is 0 Å². The Labute approximate surface area is 111 Å². The van der Waals surface area contributed by atoms with Crippen molar-refractivity contribution in [1.82, 2.24) is 4.98 Å². The molecule has 0 radical (unpaired) electrons. The molecule has 92 valence electrons. The molecule has 0 amide bonds. The Morgan fingerprint density at radius 1 is 1.33 bits per heavy atom. The molecule has 1 aromatic carbocycles. The molecule has 1 aliphatic carbocycles. The molecule has 0 saturated carbocycles. The van der Waals surface area contributed by atoms with Crippen LogP contribution in [0.5, 0.6) is 5.88 Å². The van der Waals surface area contributed by atoms with E-state index in [1.165, 1.54) is 17.3 Å². The second kappa shape index (κ2) is 4.33. The van der Waals surface area contributed by atoms with Crippen LogP contribution in [0.15, 0.2) is 30.5 Å². The fraction of sp³-hybridized carbons (Fsp3) is 0.267. The van der Waals surface area contributed by atoms with Gasteiger partial charge in [0.05, 0.1) is 11.2 Å². The van der Waals surface area contributed by atoms with Crippen molar-refractivity contribution in [3.05, 3.63) is 41.6 Å². The maximum absolute atomic E-state index is 7.13. The number of hydrogen-bond acceptors (Lipinski definition) is 3. The second-order valence-electron chi connectivity index (χ2n) is 4.50. The Balaban J connectivity index is 2.00. The molecule has 3 heteroatoms. The lowest BCUT2D eigenvalue weighted by molar-refractivity contribution is 0.398. The molecule has 0 bridgehead atoms. The van der Waals surface area contributed by atoms with Crippen LogP contribution in [0, 0.1) is 0 Å². The molecule has 0 unspecified atom stereocenters. The number of ether oxygens (including phenoxy) is 1. The predicted octanol–water partition coefficient (Wildman–Crippen LogP) is 2.83.